The van der Waals surface area contributed by atoms with Crippen molar-refractivity contribution in [3.8, 4) is 11.4 Å². The van der Waals surface area contributed by atoms with Crippen LogP contribution in [0.25, 0.3) is 11.4 Å². The summed E-state index contributed by atoms with van der Waals surface area (Å²) in [4.78, 5) is 24.4. The number of benzene rings is 1. The van der Waals surface area contributed by atoms with Crippen molar-refractivity contribution in [2.24, 2.45) is 0 Å². The Hall–Kier alpha value is -2.43. The van der Waals surface area contributed by atoms with E-state index in [1.807, 2.05) is 0 Å². The molecule has 32 heavy (non-hydrogen) atoms. The lowest BCUT2D eigenvalue weighted by atomic mass is 9.95. The zero-order valence-corrected chi connectivity index (χ0v) is 19.9. The number of hydrogen-bond acceptors (Lipinski definition) is 7. The average Bonchev–Trinajstić information content (AvgIpc) is 3.37. The predicted molar refractivity (Wildman–Crippen MR) is 128 cm³/mol. The van der Waals surface area contributed by atoms with Crippen LogP contribution in [0.5, 0.6) is 0 Å². The molecule has 1 amide bonds. The molecule has 0 saturated carbocycles. The first-order valence-corrected chi connectivity index (χ1v) is 12.6. The van der Waals surface area contributed by atoms with Gasteiger partial charge in [0.25, 0.3) is 5.69 Å². The molecule has 1 aromatic carbocycles. The Balaban J connectivity index is 1.48. The van der Waals surface area contributed by atoms with Crippen molar-refractivity contribution in [1.82, 2.24) is 14.8 Å². The summed E-state index contributed by atoms with van der Waals surface area (Å²) in [6.45, 7) is 2.86. The highest BCUT2D eigenvalue weighted by atomic mass is 35.5. The van der Waals surface area contributed by atoms with Crippen LogP contribution in [0.15, 0.2) is 28.7 Å². The fraction of sp³-hybridized carbons (Fsp3) is 0.381. The number of anilines is 1. The molecule has 0 fully saturated rings. The van der Waals surface area contributed by atoms with Gasteiger partial charge in [-0.05, 0) is 49.8 Å². The summed E-state index contributed by atoms with van der Waals surface area (Å²) in [6, 6.07) is 4.19. The van der Waals surface area contributed by atoms with Crippen LogP contribution in [-0.2, 0) is 24.2 Å². The standard InChI is InChI=1S/C21H22ClN5O3S2/c1-2-9-26-20(15-11-31-18-6-4-3-5-14(15)18)24-25-21(26)32-12-19(28)23-13-7-8-16(22)17(10-13)27(29)30/h7-8,10-11H,2-6,9,12H2,1H3,(H,23,28). The minimum Gasteiger partial charge on any atom is -0.325 e. The van der Waals surface area contributed by atoms with Gasteiger partial charge in [0.15, 0.2) is 11.0 Å². The van der Waals surface area contributed by atoms with Gasteiger partial charge in [0.2, 0.25) is 5.91 Å². The summed E-state index contributed by atoms with van der Waals surface area (Å²) in [7, 11) is 0. The number of thiophene rings is 1. The van der Waals surface area contributed by atoms with E-state index in [1.165, 1.54) is 53.2 Å². The molecule has 0 radical (unpaired) electrons. The van der Waals surface area contributed by atoms with E-state index in [-0.39, 0.29) is 22.4 Å². The Kier molecular flexibility index (Phi) is 7.12. The molecule has 0 atom stereocenters. The van der Waals surface area contributed by atoms with Crippen LogP contribution in [0.1, 0.15) is 36.6 Å². The van der Waals surface area contributed by atoms with Crippen LogP contribution >= 0.6 is 34.7 Å². The molecule has 0 spiro atoms. The first kappa shape index (κ1) is 22.8. The van der Waals surface area contributed by atoms with Gasteiger partial charge in [-0.25, -0.2) is 0 Å². The normalized spacial score (nSPS) is 13.1. The highest BCUT2D eigenvalue weighted by Gasteiger charge is 2.22. The summed E-state index contributed by atoms with van der Waals surface area (Å²) < 4.78 is 2.09. The Morgan fingerprint density at radius 2 is 2.16 bits per heavy atom. The predicted octanol–water partition coefficient (Wildman–Crippen LogP) is 5.59. The topological polar surface area (TPSA) is 103 Å². The first-order chi connectivity index (χ1) is 15.5. The van der Waals surface area contributed by atoms with Crippen molar-refractivity contribution >= 4 is 52.0 Å². The van der Waals surface area contributed by atoms with Gasteiger partial charge in [0, 0.05) is 34.1 Å². The number of nitro benzene ring substituents is 1. The zero-order chi connectivity index (χ0) is 22.7. The number of nitro groups is 1. The molecule has 8 nitrogen and oxygen atoms in total. The number of rotatable bonds is 8. The second kappa shape index (κ2) is 10.0. The lowest BCUT2D eigenvalue weighted by Crippen LogP contribution is -2.15. The van der Waals surface area contributed by atoms with Gasteiger partial charge >= 0.3 is 0 Å². The lowest BCUT2D eigenvalue weighted by Gasteiger charge is -2.13. The molecule has 2 aromatic heterocycles. The third kappa shape index (κ3) is 4.82. The SMILES string of the molecule is CCCn1c(SCC(=O)Nc2ccc(Cl)c([N+](=O)[O-])c2)nnc1-c1csc2c1CCCC2. The Labute approximate surface area is 198 Å². The van der Waals surface area contributed by atoms with Gasteiger partial charge < -0.3 is 9.88 Å². The molecule has 0 unspecified atom stereocenters. The van der Waals surface area contributed by atoms with Gasteiger partial charge in [0.1, 0.15) is 5.02 Å². The number of aryl methyl sites for hydroxylation is 1. The summed E-state index contributed by atoms with van der Waals surface area (Å²) in [5.74, 6) is 0.689. The number of halogens is 1. The lowest BCUT2D eigenvalue weighted by molar-refractivity contribution is -0.384. The molecule has 4 rings (SSSR count). The molecular weight excluding hydrogens is 470 g/mol. The molecule has 0 aliphatic heterocycles. The van der Waals surface area contributed by atoms with E-state index in [0.29, 0.717) is 10.8 Å². The molecule has 3 aromatic rings. The van der Waals surface area contributed by atoms with Crippen LogP contribution in [0, 0.1) is 10.1 Å². The number of aromatic nitrogens is 3. The summed E-state index contributed by atoms with van der Waals surface area (Å²) in [5, 5.41) is 25.5. The second-order valence-corrected chi connectivity index (χ2v) is 9.79. The molecule has 1 aliphatic carbocycles. The molecular formula is C21H22ClN5O3S2. The van der Waals surface area contributed by atoms with Crippen molar-refractivity contribution in [2.75, 3.05) is 11.1 Å². The van der Waals surface area contributed by atoms with Crippen molar-refractivity contribution in [3.63, 3.8) is 0 Å². The van der Waals surface area contributed by atoms with Gasteiger partial charge in [-0.2, -0.15) is 0 Å². The van der Waals surface area contributed by atoms with Crippen LogP contribution < -0.4 is 5.32 Å². The maximum Gasteiger partial charge on any atom is 0.289 e. The summed E-state index contributed by atoms with van der Waals surface area (Å²) >= 11 is 8.93. The van der Waals surface area contributed by atoms with Crippen molar-refractivity contribution in [1.29, 1.82) is 0 Å². The Morgan fingerprint density at radius 3 is 2.94 bits per heavy atom. The van der Waals surface area contributed by atoms with Crippen LogP contribution in [-0.4, -0.2) is 31.3 Å². The van der Waals surface area contributed by atoms with E-state index < -0.39 is 4.92 Å². The second-order valence-electron chi connectivity index (χ2n) is 7.48. The maximum absolute atomic E-state index is 12.5. The van der Waals surface area contributed by atoms with E-state index in [4.69, 9.17) is 11.6 Å². The Morgan fingerprint density at radius 1 is 1.34 bits per heavy atom. The van der Waals surface area contributed by atoms with Gasteiger partial charge in [-0.3, -0.25) is 14.9 Å². The van der Waals surface area contributed by atoms with E-state index >= 15 is 0 Å². The Bertz CT molecular complexity index is 1160. The molecule has 168 valence electrons. The van der Waals surface area contributed by atoms with E-state index in [0.717, 1.165) is 37.2 Å². The number of fused-ring (bicyclic) bond motifs is 1. The van der Waals surface area contributed by atoms with Gasteiger partial charge in [-0.1, -0.05) is 30.3 Å². The summed E-state index contributed by atoms with van der Waals surface area (Å²) in [6.07, 6.45) is 5.56. The van der Waals surface area contributed by atoms with Crippen molar-refractivity contribution < 1.29 is 9.72 Å². The number of nitrogens with one attached hydrogen (secondary N) is 1. The van der Waals surface area contributed by atoms with Crippen molar-refractivity contribution in [3.05, 3.63) is 49.2 Å². The molecule has 2 heterocycles. The number of carbonyl (C=O) groups is 1. The number of nitrogens with zero attached hydrogens (tertiary/aromatic N) is 4. The summed E-state index contributed by atoms with van der Waals surface area (Å²) in [5.41, 5.74) is 2.64. The third-order valence-corrected chi connectivity index (χ3v) is 7.60. The maximum atomic E-state index is 12.5. The molecule has 0 bridgehead atoms. The van der Waals surface area contributed by atoms with Gasteiger partial charge in [-0.15, -0.1) is 21.5 Å². The van der Waals surface area contributed by atoms with Crippen LogP contribution in [0.4, 0.5) is 11.4 Å². The monoisotopic (exact) mass is 491 g/mol. The molecule has 1 aliphatic rings. The molecule has 0 saturated heterocycles. The fourth-order valence-electron chi connectivity index (χ4n) is 3.76. The molecule has 1 N–H and O–H groups in total. The van der Waals surface area contributed by atoms with Crippen LogP contribution in [0.2, 0.25) is 5.02 Å². The highest BCUT2D eigenvalue weighted by Crippen LogP contribution is 2.37. The van der Waals surface area contributed by atoms with E-state index in [2.05, 4.69) is 32.4 Å². The highest BCUT2D eigenvalue weighted by molar-refractivity contribution is 7.99. The molecule has 11 heteroatoms. The third-order valence-electron chi connectivity index (χ3n) is 5.23. The number of carbonyl (C=O) groups excluding carboxylic acids is 1. The van der Waals surface area contributed by atoms with Gasteiger partial charge in [0.05, 0.1) is 10.7 Å². The van der Waals surface area contributed by atoms with E-state index in [9.17, 15) is 14.9 Å². The number of amides is 1. The average molecular weight is 492 g/mol. The van der Waals surface area contributed by atoms with E-state index in [1.54, 1.807) is 11.3 Å². The minimum absolute atomic E-state index is 0.0261. The smallest absolute Gasteiger partial charge is 0.289 e. The van der Waals surface area contributed by atoms with Crippen LogP contribution in [0.3, 0.4) is 0 Å². The number of thioether (sulfide) groups is 1. The minimum atomic E-state index is -0.579. The number of hydrogen-bond donors (Lipinski definition) is 1. The zero-order valence-electron chi connectivity index (χ0n) is 17.5. The fourth-order valence-corrected chi connectivity index (χ4v) is 5.83. The largest absolute Gasteiger partial charge is 0.325 e. The quantitative estimate of drug-likeness (QED) is 0.250. The first-order valence-electron chi connectivity index (χ1n) is 10.4. The van der Waals surface area contributed by atoms with Crippen molar-refractivity contribution in [2.45, 2.75) is 50.7 Å².